The van der Waals surface area contributed by atoms with Crippen molar-refractivity contribution in [3.05, 3.63) is 41.3 Å². The highest BCUT2D eigenvalue weighted by atomic mass is 35.5. The number of carbonyl (C=O) groups excluding carboxylic acids is 1. The molecule has 0 radical (unpaired) electrons. The van der Waals surface area contributed by atoms with Gasteiger partial charge < -0.3 is 4.74 Å². The van der Waals surface area contributed by atoms with Crippen molar-refractivity contribution in [2.75, 3.05) is 6.61 Å². The van der Waals surface area contributed by atoms with Gasteiger partial charge in [-0.15, -0.1) is 9.89 Å². The molecule has 0 fully saturated rings. The quantitative estimate of drug-likeness (QED) is 0.673. The van der Waals surface area contributed by atoms with E-state index in [1.807, 2.05) is 30.5 Å². The summed E-state index contributed by atoms with van der Waals surface area (Å²) in [6, 6.07) is 7.54. The third-order valence-electron chi connectivity index (χ3n) is 3.21. The minimum atomic E-state index is -0.266. The highest BCUT2D eigenvalue weighted by Crippen LogP contribution is 2.20. The predicted octanol–water partition coefficient (Wildman–Crippen LogP) is 2.09. The number of hydrogen-bond donors (Lipinski definition) is 0. The molecule has 114 valence electrons. The van der Waals surface area contributed by atoms with Crippen molar-refractivity contribution in [1.29, 1.82) is 0 Å². The van der Waals surface area contributed by atoms with Crippen LogP contribution in [0.3, 0.4) is 0 Å². The molecule has 8 heteroatoms. The highest BCUT2D eigenvalue weighted by molar-refractivity contribution is 6.31. The SMILES string of the molecule is CCOC(=O)CCc1nnnn1-n1ccc2ccc(Cl)cc21. The van der Waals surface area contributed by atoms with Crippen LogP contribution in [0, 0.1) is 0 Å². The van der Waals surface area contributed by atoms with Crippen LogP contribution < -0.4 is 0 Å². The highest BCUT2D eigenvalue weighted by Gasteiger charge is 2.13. The molecule has 3 aromatic rings. The van der Waals surface area contributed by atoms with Gasteiger partial charge in [0.25, 0.3) is 0 Å². The van der Waals surface area contributed by atoms with Crippen molar-refractivity contribution in [3.8, 4) is 0 Å². The van der Waals surface area contributed by atoms with Crippen LogP contribution in [0.1, 0.15) is 19.2 Å². The molecule has 1 aromatic carbocycles. The number of halogens is 1. The van der Waals surface area contributed by atoms with Gasteiger partial charge in [-0.1, -0.05) is 17.7 Å². The maximum absolute atomic E-state index is 11.5. The fraction of sp³-hybridized carbons (Fsp3) is 0.286. The van der Waals surface area contributed by atoms with E-state index in [2.05, 4.69) is 15.5 Å². The molecule has 0 bridgehead atoms. The average molecular weight is 320 g/mol. The summed E-state index contributed by atoms with van der Waals surface area (Å²) in [5.74, 6) is 0.308. The molecule has 0 aliphatic heterocycles. The smallest absolute Gasteiger partial charge is 0.306 e. The number of nitrogens with zero attached hydrogens (tertiary/aromatic N) is 5. The van der Waals surface area contributed by atoms with Crippen molar-refractivity contribution in [1.82, 2.24) is 25.0 Å². The third kappa shape index (κ3) is 2.80. The summed E-state index contributed by atoms with van der Waals surface area (Å²) in [7, 11) is 0. The van der Waals surface area contributed by atoms with E-state index in [0.29, 0.717) is 23.9 Å². The first kappa shape index (κ1) is 14.5. The number of carbonyl (C=O) groups is 1. The minimum absolute atomic E-state index is 0.230. The number of hydrogen-bond acceptors (Lipinski definition) is 5. The fourth-order valence-corrected chi connectivity index (χ4v) is 2.38. The van der Waals surface area contributed by atoms with E-state index in [0.717, 1.165) is 10.9 Å². The van der Waals surface area contributed by atoms with E-state index in [1.54, 1.807) is 16.4 Å². The summed E-state index contributed by atoms with van der Waals surface area (Å²) < 4.78 is 6.71. The van der Waals surface area contributed by atoms with Gasteiger partial charge in [0, 0.05) is 23.0 Å². The standard InChI is InChI=1S/C14H14ClN5O2/c1-2-22-14(21)6-5-13-16-17-18-20(13)19-8-7-10-3-4-11(15)9-12(10)19/h3-4,7-9H,2,5-6H2,1H3. The van der Waals surface area contributed by atoms with Gasteiger partial charge in [0.1, 0.15) is 0 Å². The summed E-state index contributed by atoms with van der Waals surface area (Å²) in [6.07, 6.45) is 2.48. The number of benzene rings is 1. The van der Waals surface area contributed by atoms with Crippen molar-refractivity contribution in [3.63, 3.8) is 0 Å². The molecule has 0 atom stereocenters. The molecule has 0 amide bonds. The number of aromatic nitrogens is 5. The van der Waals surface area contributed by atoms with E-state index >= 15 is 0 Å². The van der Waals surface area contributed by atoms with Crippen LogP contribution in [-0.2, 0) is 16.0 Å². The molecule has 0 aliphatic carbocycles. The van der Waals surface area contributed by atoms with Gasteiger partial charge in [-0.2, -0.15) is 0 Å². The molecule has 22 heavy (non-hydrogen) atoms. The number of fused-ring (bicyclic) bond motifs is 1. The summed E-state index contributed by atoms with van der Waals surface area (Å²) in [6.45, 7) is 2.14. The lowest BCUT2D eigenvalue weighted by Crippen LogP contribution is -2.15. The fourth-order valence-electron chi connectivity index (χ4n) is 2.22. The zero-order chi connectivity index (χ0) is 15.5. The normalized spacial score (nSPS) is 11.0. The molecule has 2 heterocycles. The number of aryl methyl sites for hydroxylation is 1. The van der Waals surface area contributed by atoms with Crippen molar-refractivity contribution in [2.45, 2.75) is 19.8 Å². The van der Waals surface area contributed by atoms with Crippen LogP contribution in [0.25, 0.3) is 10.9 Å². The van der Waals surface area contributed by atoms with Crippen molar-refractivity contribution < 1.29 is 9.53 Å². The molecule has 0 saturated heterocycles. The molecular weight excluding hydrogens is 306 g/mol. The average Bonchev–Trinajstić information content (AvgIpc) is 3.10. The lowest BCUT2D eigenvalue weighted by atomic mass is 10.2. The summed E-state index contributed by atoms with van der Waals surface area (Å²) >= 11 is 6.05. The van der Waals surface area contributed by atoms with Crippen LogP contribution in [0.2, 0.25) is 5.02 Å². The van der Waals surface area contributed by atoms with Crippen LogP contribution in [0.4, 0.5) is 0 Å². The molecule has 0 spiro atoms. The Morgan fingerprint density at radius 1 is 1.36 bits per heavy atom. The molecule has 2 aromatic heterocycles. The summed E-state index contributed by atoms with van der Waals surface area (Å²) in [5.41, 5.74) is 0.886. The zero-order valence-corrected chi connectivity index (χ0v) is 12.7. The second-order valence-corrected chi connectivity index (χ2v) is 5.09. The molecule has 3 rings (SSSR count). The maximum Gasteiger partial charge on any atom is 0.306 e. The third-order valence-corrected chi connectivity index (χ3v) is 3.45. The first-order chi connectivity index (χ1) is 10.7. The van der Waals surface area contributed by atoms with Crippen LogP contribution >= 0.6 is 11.6 Å². The monoisotopic (exact) mass is 319 g/mol. The predicted molar refractivity (Wildman–Crippen MR) is 80.5 cm³/mol. The minimum Gasteiger partial charge on any atom is -0.466 e. The second kappa shape index (κ2) is 6.15. The van der Waals surface area contributed by atoms with Gasteiger partial charge in [-0.25, -0.2) is 4.68 Å². The molecule has 0 N–H and O–H groups in total. The number of esters is 1. The Balaban J connectivity index is 1.90. The van der Waals surface area contributed by atoms with Crippen LogP contribution in [-0.4, -0.2) is 37.6 Å². The van der Waals surface area contributed by atoms with Crippen LogP contribution in [0.5, 0.6) is 0 Å². The topological polar surface area (TPSA) is 74.8 Å². The zero-order valence-electron chi connectivity index (χ0n) is 11.9. The molecule has 0 aliphatic rings. The van der Waals surface area contributed by atoms with Gasteiger partial charge >= 0.3 is 5.97 Å². The Hall–Kier alpha value is -2.41. The van der Waals surface area contributed by atoms with E-state index in [1.165, 1.54) is 0 Å². The lowest BCUT2D eigenvalue weighted by Gasteiger charge is -2.07. The van der Waals surface area contributed by atoms with Gasteiger partial charge in [0.05, 0.1) is 18.5 Å². The molecule has 0 saturated carbocycles. The van der Waals surface area contributed by atoms with E-state index in [9.17, 15) is 4.79 Å². The summed E-state index contributed by atoms with van der Waals surface area (Å²) in [4.78, 5) is 13.0. The lowest BCUT2D eigenvalue weighted by molar-refractivity contribution is -0.143. The maximum atomic E-state index is 11.5. The number of rotatable bonds is 5. The Kier molecular flexibility index (Phi) is 4.06. The van der Waals surface area contributed by atoms with Crippen LogP contribution in [0.15, 0.2) is 30.5 Å². The first-order valence-corrected chi connectivity index (χ1v) is 7.27. The van der Waals surface area contributed by atoms with Crippen molar-refractivity contribution >= 4 is 28.5 Å². The van der Waals surface area contributed by atoms with E-state index in [4.69, 9.17) is 16.3 Å². The van der Waals surface area contributed by atoms with Gasteiger partial charge in [0.2, 0.25) is 0 Å². The first-order valence-electron chi connectivity index (χ1n) is 6.89. The van der Waals surface area contributed by atoms with Gasteiger partial charge in [0.15, 0.2) is 5.82 Å². The second-order valence-electron chi connectivity index (χ2n) is 4.65. The Morgan fingerprint density at radius 2 is 2.23 bits per heavy atom. The van der Waals surface area contributed by atoms with E-state index in [-0.39, 0.29) is 12.4 Å². The Morgan fingerprint density at radius 3 is 3.05 bits per heavy atom. The van der Waals surface area contributed by atoms with E-state index < -0.39 is 0 Å². The largest absolute Gasteiger partial charge is 0.466 e. The van der Waals surface area contributed by atoms with Gasteiger partial charge in [-0.05, 0) is 35.5 Å². The van der Waals surface area contributed by atoms with Crippen molar-refractivity contribution in [2.24, 2.45) is 0 Å². The number of tetrazole rings is 1. The number of ether oxygens (including phenoxy) is 1. The molecule has 7 nitrogen and oxygen atoms in total. The molecular formula is C14H14ClN5O2. The summed E-state index contributed by atoms with van der Waals surface area (Å²) in [5, 5.41) is 13.3. The van der Waals surface area contributed by atoms with Gasteiger partial charge in [-0.3, -0.25) is 4.79 Å². The molecule has 0 unspecified atom stereocenters. The Bertz CT molecular complexity index is 811. The Labute approximate surface area is 131 Å².